The first-order valence-electron chi connectivity index (χ1n) is 6.84. The zero-order chi connectivity index (χ0) is 17.5. The topological polar surface area (TPSA) is 107 Å². The van der Waals surface area contributed by atoms with Gasteiger partial charge in [0.2, 0.25) is 5.91 Å². The predicted octanol–water partition coefficient (Wildman–Crippen LogP) is 2.51. The third-order valence-electron chi connectivity index (χ3n) is 2.80. The largest absolute Gasteiger partial charge is 0.497 e. The zero-order valence-corrected chi connectivity index (χ0v) is 15.5. The summed E-state index contributed by atoms with van der Waals surface area (Å²) < 4.78 is 6.61. The van der Waals surface area contributed by atoms with Gasteiger partial charge in [0.1, 0.15) is 5.75 Å². The monoisotopic (exact) mass is 384 g/mol. The van der Waals surface area contributed by atoms with E-state index in [2.05, 4.69) is 10.2 Å². The summed E-state index contributed by atoms with van der Waals surface area (Å²) in [6.45, 7) is 1.68. The number of nitrogens with two attached hydrogens (primary N) is 1. The number of nitrogens with zero attached hydrogens (tertiary/aromatic N) is 2. The van der Waals surface area contributed by atoms with Crippen LogP contribution < -0.4 is 15.8 Å². The Hall–Kier alpha value is -1.78. The third kappa shape index (κ3) is 5.69. The van der Waals surface area contributed by atoms with Gasteiger partial charge in [0.25, 0.3) is 0 Å². The molecule has 24 heavy (non-hydrogen) atoms. The van der Waals surface area contributed by atoms with Crippen molar-refractivity contribution < 1.29 is 14.3 Å². The second-order valence-corrected chi connectivity index (χ2v) is 8.37. The quantitative estimate of drug-likeness (QED) is 0.706. The minimum absolute atomic E-state index is 0.449. The lowest BCUT2D eigenvalue weighted by Gasteiger charge is -2.06. The highest BCUT2D eigenvalue weighted by Gasteiger charge is 2.18. The molecule has 0 spiro atoms. The highest BCUT2D eigenvalue weighted by Crippen LogP contribution is 2.32. The number of rotatable bonds is 7. The number of hydrogen-bond acceptors (Lipinski definition) is 8. The van der Waals surface area contributed by atoms with E-state index in [9.17, 15) is 9.59 Å². The molecule has 10 heteroatoms. The van der Waals surface area contributed by atoms with Gasteiger partial charge in [0.15, 0.2) is 8.68 Å². The van der Waals surface area contributed by atoms with Gasteiger partial charge in [-0.15, -0.1) is 10.2 Å². The fourth-order valence-corrected chi connectivity index (χ4v) is 4.72. The number of primary amides is 1. The number of carbonyl (C=O) groups is 2. The number of ether oxygens (including phenoxy) is 1. The Kier molecular flexibility index (Phi) is 6.88. The van der Waals surface area contributed by atoms with Crippen LogP contribution in [-0.2, 0) is 10.5 Å². The Bertz CT molecular complexity index is 706. The smallest absolute Gasteiger partial charge is 0.318 e. The number of nitrogens with one attached hydrogen (secondary N) is 1. The maximum absolute atomic E-state index is 11.6. The van der Waals surface area contributed by atoms with Crippen LogP contribution in [0, 0.1) is 0 Å². The highest BCUT2D eigenvalue weighted by atomic mass is 32.2. The maximum atomic E-state index is 11.6. The van der Waals surface area contributed by atoms with Crippen LogP contribution in [0.3, 0.4) is 0 Å². The molecule has 0 fully saturated rings. The van der Waals surface area contributed by atoms with E-state index in [-0.39, 0.29) is 0 Å². The van der Waals surface area contributed by atoms with Gasteiger partial charge in [-0.05, 0) is 24.6 Å². The molecular weight excluding hydrogens is 368 g/mol. The number of methoxy groups -OCH3 is 1. The molecule has 0 aliphatic rings. The van der Waals surface area contributed by atoms with E-state index >= 15 is 0 Å². The minimum atomic E-state index is -0.861. The minimum Gasteiger partial charge on any atom is -0.497 e. The average Bonchev–Trinajstić information content (AvgIpc) is 3.00. The van der Waals surface area contributed by atoms with Crippen LogP contribution in [0.5, 0.6) is 5.75 Å². The molecule has 0 bridgehead atoms. The molecule has 0 saturated heterocycles. The average molecular weight is 385 g/mol. The molecule has 0 aliphatic heterocycles. The van der Waals surface area contributed by atoms with Crippen LogP contribution in [0.25, 0.3) is 0 Å². The van der Waals surface area contributed by atoms with Crippen molar-refractivity contribution in [3.8, 4) is 5.75 Å². The lowest BCUT2D eigenvalue weighted by molar-refractivity contribution is -0.119. The van der Waals surface area contributed by atoms with Crippen molar-refractivity contribution in [3.63, 3.8) is 0 Å². The molecular formula is C14H16N4O3S3. The number of carbonyl (C=O) groups excluding carboxylic acids is 2. The van der Waals surface area contributed by atoms with E-state index < -0.39 is 17.2 Å². The molecule has 128 valence electrons. The van der Waals surface area contributed by atoms with Crippen molar-refractivity contribution in [3.05, 3.63) is 29.8 Å². The standard InChI is InChI=1S/C14H16N4O3S3/c1-8(11(19)16-12(15)20)23-14-18-17-13(24-14)22-7-9-3-5-10(21-2)6-4-9/h3-6,8H,7H2,1-2H3,(H3,15,16,19,20)/t8-/m1/s1. The van der Waals surface area contributed by atoms with Gasteiger partial charge in [-0.2, -0.15) is 0 Å². The molecule has 3 amide bonds. The third-order valence-corrected chi connectivity index (χ3v) is 6.11. The van der Waals surface area contributed by atoms with E-state index in [0.29, 0.717) is 4.34 Å². The van der Waals surface area contributed by atoms with Crippen LogP contribution in [0.4, 0.5) is 4.79 Å². The van der Waals surface area contributed by atoms with Gasteiger partial charge < -0.3 is 10.5 Å². The lowest BCUT2D eigenvalue weighted by atomic mass is 10.2. The summed E-state index contributed by atoms with van der Waals surface area (Å²) >= 11 is 4.21. The lowest BCUT2D eigenvalue weighted by Crippen LogP contribution is -2.39. The number of imide groups is 1. The summed E-state index contributed by atoms with van der Waals surface area (Å²) in [5, 5.41) is 9.72. The van der Waals surface area contributed by atoms with Gasteiger partial charge in [-0.25, -0.2) is 4.79 Å². The molecule has 0 saturated carbocycles. The molecule has 1 aromatic carbocycles. The Morgan fingerprint density at radius 3 is 2.58 bits per heavy atom. The normalized spacial score (nSPS) is 11.8. The van der Waals surface area contributed by atoms with Crippen molar-refractivity contribution in [2.75, 3.05) is 7.11 Å². The Balaban J connectivity index is 1.86. The summed E-state index contributed by atoms with van der Waals surface area (Å²) in [7, 11) is 1.63. The summed E-state index contributed by atoms with van der Waals surface area (Å²) in [5.41, 5.74) is 6.08. The molecule has 0 radical (unpaired) electrons. The van der Waals surface area contributed by atoms with E-state index in [1.54, 1.807) is 25.8 Å². The number of thioether (sulfide) groups is 2. The first-order chi connectivity index (χ1) is 11.5. The maximum Gasteiger partial charge on any atom is 0.318 e. The van der Waals surface area contributed by atoms with Crippen molar-refractivity contribution in [1.29, 1.82) is 0 Å². The summed E-state index contributed by atoms with van der Waals surface area (Å²) in [4.78, 5) is 22.3. The number of hydrogen-bond donors (Lipinski definition) is 2. The van der Waals surface area contributed by atoms with Gasteiger partial charge in [0, 0.05) is 5.75 Å². The Morgan fingerprint density at radius 2 is 1.96 bits per heavy atom. The van der Waals surface area contributed by atoms with Gasteiger partial charge >= 0.3 is 6.03 Å². The highest BCUT2D eigenvalue weighted by molar-refractivity contribution is 8.03. The SMILES string of the molecule is COc1ccc(CSc2nnc(S[C@H](C)C(=O)NC(N)=O)s2)cc1. The summed E-state index contributed by atoms with van der Waals surface area (Å²) in [5.74, 6) is 1.14. The number of benzene rings is 1. The van der Waals surface area contributed by atoms with Crippen molar-refractivity contribution >= 4 is 46.8 Å². The second kappa shape index (κ2) is 8.90. The van der Waals surface area contributed by atoms with Gasteiger partial charge in [0.05, 0.1) is 12.4 Å². The van der Waals surface area contributed by atoms with E-state index in [1.807, 2.05) is 29.6 Å². The molecule has 0 unspecified atom stereocenters. The van der Waals surface area contributed by atoms with E-state index in [4.69, 9.17) is 10.5 Å². The summed E-state index contributed by atoms with van der Waals surface area (Å²) in [6.07, 6.45) is 0. The number of urea groups is 1. The summed E-state index contributed by atoms with van der Waals surface area (Å²) in [6, 6.07) is 6.96. The first kappa shape index (κ1) is 18.6. The molecule has 3 N–H and O–H groups in total. The van der Waals surface area contributed by atoms with Gasteiger partial charge in [-0.3, -0.25) is 10.1 Å². The van der Waals surface area contributed by atoms with Crippen molar-refractivity contribution in [1.82, 2.24) is 15.5 Å². The fourth-order valence-electron chi connectivity index (χ4n) is 1.60. The second-order valence-electron chi connectivity index (χ2n) is 4.58. The fraction of sp³-hybridized carbons (Fsp3) is 0.286. The van der Waals surface area contributed by atoms with E-state index in [0.717, 1.165) is 21.4 Å². The van der Waals surface area contributed by atoms with E-state index in [1.165, 1.54) is 23.1 Å². The first-order valence-corrected chi connectivity index (χ1v) is 9.52. The molecule has 2 rings (SSSR count). The van der Waals surface area contributed by atoms with Crippen LogP contribution >= 0.6 is 34.9 Å². The molecule has 2 aromatic rings. The Labute approximate surface area is 151 Å². The van der Waals surface area contributed by atoms with Crippen molar-refractivity contribution in [2.45, 2.75) is 26.6 Å². The molecule has 0 aliphatic carbocycles. The molecule has 1 atom stereocenters. The molecule has 7 nitrogen and oxygen atoms in total. The Morgan fingerprint density at radius 1 is 1.29 bits per heavy atom. The number of amides is 3. The molecule has 1 heterocycles. The van der Waals surface area contributed by atoms with Crippen LogP contribution in [-0.4, -0.2) is 34.5 Å². The number of aromatic nitrogens is 2. The van der Waals surface area contributed by atoms with Gasteiger partial charge in [-0.1, -0.05) is 47.0 Å². The predicted molar refractivity (Wildman–Crippen MR) is 95.5 cm³/mol. The zero-order valence-electron chi connectivity index (χ0n) is 13.0. The van der Waals surface area contributed by atoms with Crippen molar-refractivity contribution in [2.24, 2.45) is 5.73 Å². The van der Waals surface area contributed by atoms with Crippen LogP contribution in [0.2, 0.25) is 0 Å². The molecule has 1 aromatic heterocycles. The van der Waals surface area contributed by atoms with Crippen LogP contribution in [0.1, 0.15) is 12.5 Å². The van der Waals surface area contributed by atoms with Crippen LogP contribution in [0.15, 0.2) is 32.9 Å².